The smallest absolute Gasteiger partial charge is 0.324 e. The summed E-state index contributed by atoms with van der Waals surface area (Å²) in [5.74, 6) is -0.919. The summed E-state index contributed by atoms with van der Waals surface area (Å²) >= 11 is 0. The molecule has 3 aromatic rings. The molecular formula is C24H23F3N4O2. The fourth-order valence-electron chi connectivity index (χ4n) is 3.53. The third-order valence-electron chi connectivity index (χ3n) is 5.16. The van der Waals surface area contributed by atoms with Crippen molar-refractivity contribution < 1.29 is 18.0 Å². The lowest BCUT2D eigenvalue weighted by atomic mass is 10.1. The van der Waals surface area contributed by atoms with Crippen molar-refractivity contribution in [1.82, 2.24) is 14.7 Å². The molecule has 0 spiro atoms. The summed E-state index contributed by atoms with van der Waals surface area (Å²) in [5, 5.41) is 13.6. The number of aromatic nitrogens is 2. The molecule has 0 atom stereocenters. The summed E-state index contributed by atoms with van der Waals surface area (Å²) in [7, 11) is 0. The lowest BCUT2D eigenvalue weighted by molar-refractivity contribution is -0.141. The molecule has 0 N–H and O–H groups in total. The second-order valence-corrected chi connectivity index (χ2v) is 7.71. The van der Waals surface area contributed by atoms with Crippen molar-refractivity contribution >= 4 is 16.7 Å². The Morgan fingerprint density at radius 1 is 1.09 bits per heavy atom. The van der Waals surface area contributed by atoms with Gasteiger partial charge in [-0.1, -0.05) is 50.1 Å². The second-order valence-electron chi connectivity index (χ2n) is 7.71. The summed E-state index contributed by atoms with van der Waals surface area (Å²) in [6, 6.07) is 14.2. The number of nitriles is 1. The predicted molar refractivity (Wildman–Crippen MR) is 117 cm³/mol. The van der Waals surface area contributed by atoms with E-state index in [-0.39, 0.29) is 35.1 Å². The summed E-state index contributed by atoms with van der Waals surface area (Å²) in [5.41, 5.74) is 0.221. The highest BCUT2D eigenvalue weighted by Crippen LogP contribution is 2.22. The monoisotopic (exact) mass is 456 g/mol. The van der Waals surface area contributed by atoms with Crippen molar-refractivity contribution in [1.29, 1.82) is 5.26 Å². The maximum absolute atomic E-state index is 13.4. The molecule has 0 aliphatic rings. The molecule has 1 aromatic heterocycles. The standard InChI is InChI=1S/C24H23F3N4O2/c1-2-3-6-13-31-22(32)20-8-5-4-7-19(20)21(29-31)23(33)30(16-24(25,26)27)15-18-11-9-17(14-28)10-12-18/h4-5,7-12H,2-3,6,13,15-16H2,1H3. The zero-order valence-electron chi connectivity index (χ0n) is 18.1. The van der Waals surface area contributed by atoms with E-state index in [4.69, 9.17) is 5.26 Å². The topological polar surface area (TPSA) is 79.0 Å². The number of fused-ring (bicyclic) bond motifs is 1. The van der Waals surface area contributed by atoms with Crippen molar-refractivity contribution in [3.8, 4) is 6.07 Å². The van der Waals surface area contributed by atoms with Gasteiger partial charge in [-0.15, -0.1) is 0 Å². The van der Waals surface area contributed by atoms with Crippen LogP contribution in [0.4, 0.5) is 13.2 Å². The minimum absolute atomic E-state index is 0.195. The van der Waals surface area contributed by atoms with Crippen LogP contribution in [0.15, 0.2) is 53.3 Å². The Labute approximate surface area is 188 Å². The van der Waals surface area contributed by atoms with Crippen molar-refractivity contribution in [2.45, 2.75) is 45.5 Å². The number of carbonyl (C=O) groups is 1. The molecule has 0 aliphatic heterocycles. The van der Waals surface area contributed by atoms with Gasteiger partial charge in [-0.05, 0) is 30.2 Å². The molecular weight excluding hydrogens is 433 g/mol. The summed E-state index contributed by atoms with van der Waals surface area (Å²) in [6.45, 7) is 0.474. The first-order valence-corrected chi connectivity index (χ1v) is 10.6. The summed E-state index contributed by atoms with van der Waals surface area (Å²) in [4.78, 5) is 26.8. The van der Waals surface area contributed by atoms with Gasteiger partial charge >= 0.3 is 6.18 Å². The number of unbranched alkanes of at least 4 members (excludes halogenated alkanes) is 2. The molecule has 0 fully saturated rings. The van der Waals surface area contributed by atoms with E-state index in [0.29, 0.717) is 22.4 Å². The molecule has 1 heterocycles. The molecule has 6 nitrogen and oxygen atoms in total. The lowest BCUT2D eigenvalue weighted by Gasteiger charge is -2.24. The molecule has 0 saturated heterocycles. The molecule has 33 heavy (non-hydrogen) atoms. The van der Waals surface area contributed by atoms with E-state index in [0.717, 1.165) is 12.8 Å². The van der Waals surface area contributed by atoms with Crippen LogP contribution in [0.25, 0.3) is 10.8 Å². The van der Waals surface area contributed by atoms with Gasteiger partial charge in [0.25, 0.3) is 11.5 Å². The first kappa shape index (κ1) is 24.0. The van der Waals surface area contributed by atoms with Gasteiger partial charge in [0.05, 0.1) is 17.0 Å². The number of halogens is 3. The van der Waals surface area contributed by atoms with Gasteiger partial charge in [-0.2, -0.15) is 23.5 Å². The summed E-state index contributed by atoms with van der Waals surface area (Å²) < 4.78 is 41.2. The Morgan fingerprint density at radius 3 is 2.36 bits per heavy atom. The van der Waals surface area contributed by atoms with Gasteiger partial charge in [0.1, 0.15) is 6.54 Å². The first-order chi connectivity index (χ1) is 15.7. The van der Waals surface area contributed by atoms with E-state index in [1.165, 1.54) is 35.0 Å². The normalized spacial score (nSPS) is 11.4. The van der Waals surface area contributed by atoms with Crippen LogP contribution >= 0.6 is 0 Å². The zero-order chi connectivity index (χ0) is 24.0. The van der Waals surface area contributed by atoms with Gasteiger partial charge in [0.15, 0.2) is 5.69 Å². The van der Waals surface area contributed by atoms with E-state index in [9.17, 15) is 22.8 Å². The van der Waals surface area contributed by atoms with Crippen LogP contribution in [0, 0.1) is 11.3 Å². The Bertz CT molecular complexity index is 1230. The molecule has 0 bridgehead atoms. The van der Waals surface area contributed by atoms with Crippen molar-refractivity contribution in [2.24, 2.45) is 0 Å². The van der Waals surface area contributed by atoms with Gasteiger partial charge in [-0.25, -0.2) is 4.68 Å². The van der Waals surface area contributed by atoms with Crippen LogP contribution in [-0.4, -0.2) is 33.3 Å². The van der Waals surface area contributed by atoms with Crippen LogP contribution < -0.4 is 5.56 Å². The van der Waals surface area contributed by atoms with Crippen LogP contribution in [0.1, 0.15) is 47.8 Å². The average molecular weight is 456 g/mol. The molecule has 0 unspecified atom stereocenters. The van der Waals surface area contributed by atoms with Crippen molar-refractivity contribution in [3.63, 3.8) is 0 Å². The van der Waals surface area contributed by atoms with E-state index < -0.39 is 18.6 Å². The number of benzene rings is 2. The van der Waals surface area contributed by atoms with Crippen LogP contribution in [-0.2, 0) is 13.1 Å². The zero-order valence-corrected chi connectivity index (χ0v) is 18.1. The van der Waals surface area contributed by atoms with Crippen molar-refractivity contribution in [3.05, 3.63) is 75.7 Å². The average Bonchev–Trinajstić information content (AvgIpc) is 2.79. The van der Waals surface area contributed by atoms with E-state index in [1.54, 1.807) is 18.2 Å². The molecule has 0 aliphatic carbocycles. The number of carbonyl (C=O) groups excluding carboxylic acids is 1. The van der Waals surface area contributed by atoms with E-state index in [2.05, 4.69) is 5.10 Å². The number of hydrogen-bond donors (Lipinski definition) is 0. The first-order valence-electron chi connectivity index (χ1n) is 10.6. The highest BCUT2D eigenvalue weighted by molar-refractivity contribution is 6.04. The Kier molecular flexibility index (Phi) is 7.48. The quantitative estimate of drug-likeness (QED) is 0.462. The molecule has 3 rings (SSSR count). The largest absolute Gasteiger partial charge is 0.406 e. The SMILES string of the molecule is CCCCCn1nc(C(=O)N(Cc2ccc(C#N)cc2)CC(F)(F)F)c2ccccc2c1=O. The lowest BCUT2D eigenvalue weighted by Crippen LogP contribution is -2.40. The highest BCUT2D eigenvalue weighted by Gasteiger charge is 2.34. The van der Waals surface area contributed by atoms with Gasteiger partial charge < -0.3 is 4.90 Å². The van der Waals surface area contributed by atoms with Gasteiger partial charge in [0, 0.05) is 18.5 Å². The Hall–Kier alpha value is -3.67. The Morgan fingerprint density at radius 2 is 1.76 bits per heavy atom. The number of aryl methyl sites for hydroxylation is 1. The minimum Gasteiger partial charge on any atom is -0.324 e. The molecule has 2 aromatic carbocycles. The van der Waals surface area contributed by atoms with Gasteiger partial charge in [-0.3, -0.25) is 9.59 Å². The number of nitrogens with zero attached hydrogens (tertiary/aromatic N) is 4. The second kappa shape index (κ2) is 10.3. The molecule has 1 amide bonds. The maximum atomic E-state index is 13.4. The molecule has 9 heteroatoms. The number of alkyl halides is 3. The molecule has 0 radical (unpaired) electrons. The van der Waals surface area contributed by atoms with Crippen LogP contribution in [0.2, 0.25) is 0 Å². The van der Waals surface area contributed by atoms with Gasteiger partial charge in [0.2, 0.25) is 0 Å². The minimum atomic E-state index is -4.63. The highest BCUT2D eigenvalue weighted by atomic mass is 19.4. The third-order valence-corrected chi connectivity index (χ3v) is 5.16. The number of amides is 1. The van der Waals surface area contributed by atoms with Crippen LogP contribution in [0.3, 0.4) is 0 Å². The fourth-order valence-corrected chi connectivity index (χ4v) is 3.53. The fraction of sp³-hybridized carbons (Fsp3) is 0.333. The molecule has 172 valence electrons. The number of hydrogen-bond acceptors (Lipinski definition) is 4. The predicted octanol–water partition coefficient (Wildman–Crippen LogP) is 4.66. The maximum Gasteiger partial charge on any atom is 0.406 e. The summed E-state index contributed by atoms with van der Waals surface area (Å²) in [6.07, 6.45) is -2.21. The van der Waals surface area contributed by atoms with E-state index in [1.807, 2.05) is 13.0 Å². The molecule has 0 saturated carbocycles. The third kappa shape index (κ3) is 5.98. The Balaban J connectivity index is 2.05. The van der Waals surface area contributed by atoms with E-state index >= 15 is 0 Å². The number of rotatable bonds is 8. The van der Waals surface area contributed by atoms with Crippen molar-refractivity contribution in [2.75, 3.05) is 6.54 Å². The van der Waals surface area contributed by atoms with Crippen LogP contribution in [0.5, 0.6) is 0 Å².